The number of carbonyl (C=O) groups is 1. The summed E-state index contributed by atoms with van der Waals surface area (Å²) < 4.78 is 5.17. The van der Waals surface area contributed by atoms with Crippen LogP contribution in [-0.2, 0) is 9.53 Å². The first-order valence-corrected chi connectivity index (χ1v) is 9.93. The quantitative estimate of drug-likeness (QED) is 0.679. The molecule has 2 N–H and O–H groups in total. The lowest BCUT2D eigenvalue weighted by atomic mass is 9.97. The van der Waals surface area contributed by atoms with E-state index in [-0.39, 0.29) is 11.8 Å². The fourth-order valence-corrected chi connectivity index (χ4v) is 3.93. The van der Waals surface area contributed by atoms with E-state index >= 15 is 0 Å². The van der Waals surface area contributed by atoms with Crippen molar-refractivity contribution in [2.24, 2.45) is 5.92 Å². The molecule has 28 heavy (non-hydrogen) atoms. The average molecular weight is 377 g/mol. The van der Waals surface area contributed by atoms with Crippen LogP contribution >= 0.6 is 0 Å². The van der Waals surface area contributed by atoms with Crippen LogP contribution < -0.4 is 5.32 Å². The number of nitrogens with one attached hydrogen (secondary N) is 2. The van der Waals surface area contributed by atoms with E-state index in [1.807, 2.05) is 30.3 Å². The number of hydrogen-bond acceptors (Lipinski definition) is 3. The number of aromatic amines is 1. The highest BCUT2D eigenvalue weighted by atomic mass is 16.5. The Morgan fingerprint density at radius 1 is 1.21 bits per heavy atom. The summed E-state index contributed by atoms with van der Waals surface area (Å²) in [7, 11) is 1.72. The zero-order valence-electron chi connectivity index (χ0n) is 16.3. The number of hydrogen-bond donors (Lipinski definition) is 2. The van der Waals surface area contributed by atoms with E-state index in [1.165, 1.54) is 5.39 Å². The van der Waals surface area contributed by atoms with E-state index in [0.29, 0.717) is 6.61 Å². The molecule has 1 amide bonds. The molecule has 0 unspecified atom stereocenters. The third-order valence-corrected chi connectivity index (χ3v) is 5.46. The lowest BCUT2D eigenvalue weighted by molar-refractivity contribution is -0.121. The smallest absolute Gasteiger partial charge is 0.228 e. The molecular formula is C23H27N3O2. The Morgan fingerprint density at radius 2 is 2.11 bits per heavy atom. The van der Waals surface area contributed by atoms with Gasteiger partial charge in [0.15, 0.2) is 0 Å². The number of benzene rings is 2. The van der Waals surface area contributed by atoms with Crippen LogP contribution in [0.15, 0.2) is 54.6 Å². The maximum atomic E-state index is 12.8. The van der Waals surface area contributed by atoms with E-state index in [9.17, 15) is 4.79 Å². The second-order valence-corrected chi connectivity index (χ2v) is 7.47. The van der Waals surface area contributed by atoms with Gasteiger partial charge >= 0.3 is 0 Å². The highest BCUT2D eigenvalue weighted by Crippen LogP contribution is 2.26. The molecular weight excluding hydrogens is 350 g/mol. The van der Waals surface area contributed by atoms with Gasteiger partial charge < -0.3 is 19.9 Å². The number of methoxy groups -OCH3 is 1. The second-order valence-electron chi connectivity index (χ2n) is 7.47. The van der Waals surface area contributed by atoms with Crippen molar-refractivity contribution < 1.29 is 9.53 Å². The molecule has 1 fully saturated rings. The van der Waals surface area contributed by atoms with E-state index in [0.717, 1.165) is 54.9 Å². The zero-order valence-corrected chi connectivity index (χ0v) is 16.3. The van der Waals surface area contributed by atoms with Crippen LogP contribution in [0.3, 0.4) is 0 Å². The molecule has 146 valence electrons. The summed E-state index contributed by atoms with van der Waals surface area (Å²) in [6.07, 6.45) is 1.99. The SMILES string of the molecule is COCCN1CCC[C@H](C(=O)Nc2cccc(-c3cc4ccccc4[nH]3)c2)C1. The van der Waals surface area contributed by atoms with Crippen molar-refractivity contribution >= 4 is 22.5 Å². The fourth-order valence-electron chi connectivity index (χ4n) is 3.93. The van der Waals surface area contributed by atoms with Crippen molar-refractivity contribution in [1.29, 1.82) is 0 Å². The molecule has 0 spiro atoms. The topological polar surface area (TPSA) is 57.4 Å². The number of amides is 1. The molecule has 5 nitrogen and oxygen atoms in total. The largest absolute Gasteiger partial charge is 0.383 e. The predicted molar refractivity (Wildman–Crippen MR) is 113 cm³/mol. The number of carbonyl (C=O) groups excluding carboxylic acids is 1. The number of ether oxygens (including phenoxy) is 1. The van der Waals surface area contributed by atoms with Gasteiger partial charge in [-0.25, -0.2) is 0 Å². The van der Waals surface area contributed by atoms with Crippen molar-refractivity contribution in [3.8, 4) is 11.3 Å². The predicted octanol–water partition coefficient (Wildman–Crippen LogP) is 4.13. The molecule has 0 saturated carbocycles. The molecule has 3 aromatic rings. The summed E-state index contributed by atoms with van der Waals surface area (Å²) in [6.45, 7) is 3.44. The molecule has 0 bridgehead atoms. The maximum absolute atomic E-state index is 12.8. The lowest BCUT2D eigenvalue weighted by Crippen LogP contribution is -2.41. The maximum Gasteiger partial charge on any atom is 0.228 e. The molecule has 1 aromatic heterocycles. The first-order chi connectivity index (χ1) is 13.7. The fraction of sp³-hybridized carbons (Fsp3) is 0.348. The average Bonchev–Trinajstić information content (AvgIpc) is 3.17. The summed E-state index contributed by atoms with van der Waals surface area (Å²) in [6, 6.07) is 18.4. The standard InChI is InChI=1S/C23H27N3O2/c1-28-13-12-26-11-5-8-19(16-26)23(27)24-20-9-4-7-17(14-20)22-15-18-6-2-3-10-21(18)25-22/h2-4,6-7,9-10,14-15,19,25H,5,8,11-13,16H2,1H3,(H,24,27)/t19-/m0/s1. The molecule has 2 heterocycles. The van der Waals surface area contributed by atoms with Gasteiger partial charge in [-0.1, -0.05) is 30.3 Å². The number of piperidine rings is 1. The Morgan fingerprint density at radius 3 is 2.96 bits per heavy atom. The summed E-state index contributed by atoms with van der Waals surface area (Å²) >= 11 is 0. The van der Waals surface area contributed by atoms with Crippen LogP contribution in [0.4, 0.5) is 5.69 Å². The summed E-state index contributed by atoms with van der Waals surface area (Å²) in [4.78, 5) is 18.6. The number of likely N-dealkylation sites (tertiary alicyclic amines) is 1. The highest BCUT2D eigenvalue weighted by molar-refractivity contribution is 5.94. The number of aromatic nitrogens is 1. The minimum Gasteiger partial charge on any atom is -0.383 e. The minimum absolute atomic E-state index is 0.0299. The Bertz CT molecular complexity index is 917. The van der Waals surface area contributed by atoms with Crippen LogP contribution in [0.1, 0.15) is 12.8 Å². The lowest BCUT2D eigenvalue weighted by Gasteiger charge is -2.31. The van der Waals surface area contributed by atoms with Gasteiger partial charge in [-0.05, 0) is 43.7 Å². The Kier molecular flexibility index (Phi) is 5.74. The van der Waals surface area contributed by atoms with Gasteiger partial charge in [-0.3, -0.25) is 4.79 Å². The van der Waals surface area contributed by atoms with Crippen LogP contribution in [-0.4, -0.2) is 49.1 Å². The highest BCUT2D eigenvalue weighted by Gasteiger charge is 2.25. The number of H-pyrrole nitrogens is 1. The first kappa shape index (κ1) is 18.7. The van der Waals surface area contributed by atoms with Gasteiger partial charge in [0, 0.05) is 48.0 Å². The third-order valence-electron chi connectivity index (χ3n) is 5.46. The van der Waals surface area contributed by atoms with E-state index in [2.05, 4.69) is 39.5 Å². The molecule has 0 radical (unpaired) electrons. The Balaban J connectivity index is 1.45. The van der Waals surface area contributed by atoms with E-state index in [1.54, 1.807) is 7.11 Å². The van der Waals surface area contributed by atoms with Crippen molar-refractivity contribution in [2.75, 3.05) is 38.7 Å². The van der Waals surface area contributed by atoms with Gasteiger partial charge in [-0.2, -0.15) is 0 Å². The summed E-state index contributed by atoms with van der Waals surface area (Å²) in [5, 5.41) is 4.31. The number of fused-ring (bicyclic) bond motifs is 1. The molecule has 5 heteroatoms. The summed E-state index contributed by atoms with van der Waals surface area (Å²) in [5.74, 6) is 0.137. The number of nitrogens with zero attached hydrogens (tertiary/aromatic N) is 1. The number of rotatable bonds is 6. The van der Waals surface area contributed by atoms with Crippen molar-refractivity contribution in [3.63, 3.8) is 0 Å². The van der Waals surface area contributed by atoms with Crippen LogP contribution in [0.25, 0.3) is 22.2 Å². The zero-order chi connectivity index (χ0) is 19.3. The minimum atomic E-state index is 0.0299. The third kappa shape index (κ3) is 4.26. The number of para-hydroxylation sites is 1. The molecule has 4 rings (SSSR count). The first-order valence-electron chi connectivity index (χ1n) is 9.93. The molecule has 0 aliphatic carbocycles. The molecule has 2 aromatic carbocycles. The Hall–Kier alpha value is -2.63. The molecule has 1 aliphatic rings. The summed E-state index contributed by atoms with van der Waals surface area (Å²) in [5.41, 5.74) is 4.08. The van der Waals surface area contributed by atoms with Gasteiger partial charge in [0.25, 0.3) is 0 Å². The van der Waals surface area contributed by atoms with Crippen LogP contribution in [0.5, 0.6) is 0 Å². The second kappa shape index (κ2) is 8.59. The van der Waals surface area contributed by atoms with Crippen molar-refractivity contribution in [3.05, 3.63) is 54.6 Å². The van der Waals surface area contributed by atoms with Crippen LogP contribution in [0.2, 0.25) is 0 Å². The van der Waals surface area contributed by atoms with Crippen molar-refractivity contribution in [1.82, 2.24) is 9.88 Å². The van der Waals surface area contributed by atoms with Gasteiger partial charge in [0.1, 0.15) is 0 Å². The van der Waals surface area contributed by atoms with Crippen LogP contribution in [0, 0.1) is 5.92 Å². The Labute approximate surface area is 165 Å². The number of anilines is 1. The monoisotopic (exact) mass is 377 g/mol. The molecule has 1 aliphatic heterocycles. The molecule has 1 atom stereocenters. The van der Waals surface area contributed by atoms with E-state index in [4.69, 9.17) is 4.74 Å². The molecule has 1 saturated heterocycles. The normalized spacial score (nSPS) is 17.7. The van der Waals surface area contributed by atoms with E-state index < -0.39 is 0 Å². The van der Waals surface area contributed by atoms with Gasteiger partial charge in [0.2, 0.25) is 5.91 Å². The van der Waals surface area contributed by atoms with Gasteiger partial charge in [-0.15, -0.1) is 0 Å². The van der Waals surface area contributed by atoms with Crippen molar-refractivity contribution in [2.45, 2.75) is 12.8 Å². The van der Waals surface area contributed by atoms with Gasteiger partial charge in [0.05, 0.1) is 12.5 Å².